The number of ketones is 1. The van der Waals surface area contributed by atoms with Gasteiger partial charge in [0.2, 0.25) is 0 Å². The molecule has 0 spiro atoms. The van der Waals surface area contributed by atoms with Crippen molar-refractivity contribution in [2.24, 2.45) is 5.92 Å². The van der Waals surface area contributed by atoms with Gasteiger partial charge in [0.05, 0.1) is 0 Å². The maximum absolute atomic E-state index is 11.6. The van der Waals surface area contributed by atoms with Crippen LogP contribution in [0.4, 0.5) is 0 Å². The first-order valence-electron chi connectivity index (χ1n) is 6.13. The molecule has 1 aliphatic rings. The Morgan fingerprint density at radius 2 is 2.12 bits per heavy atom. The summed E-state index contributed by atoms with van der Waals surface area (Å²) in [5, 5.41) is 0. The van der Waals surface area contributed by atoms with E-state index in [-0.39, 0.29) is 5.92 Å². The average Bonchev–Trinajstić information content (AvgIpc) is 2.29. The summed E-state index contributed by atoms with van der Waals surface area (Å²) < 4.78 is 0.948. The van der Waals surface area contributed by atoms with E-state index < -0.39 is 0 Å². The monoisotopic (exact) mass is 259 g/mol. The summed E-state index contributed by atoms with van der Waals surface area (Å²) >= 11 is 7.04. The van der Waals surface area contributed by atoms with Crippen LogP contribution in [0.5, 0.6) is 0 Å². The summed E-state index contributed by atoms with van der Waals surface area (Å²) in [4.78, 5) is 13.8. The fraction of sp³-hybridized carbons (Fsp3) is 0.833. The molecule has 2 nitrogen and oxygen atoms in total. The van der Waals surface area contributed by atoms with E-state index in [2.05, 4.69) is 18.7 Å². The fourth-order valence-electron chi connectivity index (χ4n) is 1.98. The second kappa shape index (κ2) is 7.28. The molecular weight excluding hydrogens is 238 g/mol. The molecule has 1 saturated carbocycles. The van der Waals surface area contributed by atoms with Crippen molar-refractivity contribution in [2.75, 3.05) is 18.8 Å². The molecule has 1 aliphatic carbocycles. The van der Waals surface area contributed by atoms with Crippen molar-refractivity contribution in [1.82, 2.24) is 4.90 Å². The molecule has 0 aromatic carbocycles. The number of carbonyl (C=O) groups excluding carboxylic acids is 1. The van der Waals surface area contributed by atoms with Gasteiger partial charge in [0.25, 0.3) is 0 Å². The lowest BCUT2D eigenvalue weighted by atomic mass is 9.89. The SMILES string of the molecule is CCN(CC)C(=S)SCC1CCCCC1=O. The first kappa shape index (κ1) is 14.0. The van der Waals surface area contributed by atoms with Crippen LogP contribution in [0.15, 0.2) is 0 Å². The van der Waals surface area contributed by atoms with Gasteiger partial charge in [-0.1, -0.05) is 30.4 Å². The molecule has 1 unspecified atom stereocenters. The van der Waals surface area contributed by atoms with Gasteiger partial charge >= 0.3 is 0 Å². The minimum absolute atomic E-state index is 0.257. The maximum Gasteiger partial charge on any atom is 0.136 e. The van der Waals surface area contributed by atoms with Crippen LogP contribution in [0.3, 0.4) is 0 Å². The zero-order valence-electron chi connectivity index (χ0n) is 10.2. The van der Waals surface area contributed by atoms with E-state index in [0.29, 0.717) is 5.78 Å². The third-order valence-electron chi connectivity index (χ3n) is 3.11. The summed E-state index contributed by atoms with van der Waals surface area (Å²) in [5.41, 5.74) is 0. The van der Waals surface area contributed by atoms with Gasteiger partial charge in [0, 0.05) is 31.2 Å². The van der Waals surface area contributed by atoms with E-state index in [9.17, 15) is 4.79 Å². The van der Waals surface area contributed by atoms with Gasteiger partial charge in [0.1, 0.15) is 10.1 Å². The summed E-state index contributed by atoms with van der Waals surface area (Å²) in [6.07, 6.45) is 4.13. The van der Waals surface area contributed by atoms with Gasteiger partial charge in [-0.05, 0) is 26.7 Å². The molecule has 1 fully saturated rings. The average molecular weight is 259 g/mol. The van der Waals surface area contributed by atoms with Gasteiger partial charge in [0.15, 0.2) is 0 Å². The minimum Gasteiger partial charge on any atom is -0.358 e. The Bertz CT molecular complexity index is 251. The molecular formula is C12H21NOS2. The number of hydrogen-bond donors (Lipinski definition) is 0. The molecule has 92 valence electrons. The summed E-state index contributed by atoms with van der Waals surface area (Å²) in [7, 11) is 0. The number of thiocarbonyl (C=S) groups is 1. The van der Waals surface area contributed by atoms with Crippen molar-refractivity contribution in [3.05, 3.63) is 0 Å². The van der Waals surface area contributed by atoms with Crippen LogP contribution in [-0.4, -0.2) is 33.8 Å². The van der Waals surface area contributed by atoms with E-state index >= 15 is 0 Å². The van der Waals surface area contributed by atoms with E-state index in [1.54, 1.807) is 11.8 Å². The first-order chi connectivity index (χ1) is 7.69. The lowest BCUT2D eigenvalue weighted by Gasteiger charge is -2.24. The number of carbonyl (C=O) groups is 1. The van der Waals surface area contributed by atoms with Crippen molar-refractivity contribution < 1.29 is 4.79 Å². The Balaban J connectivity index is 2.32. The molecule has 0 aliphatic heterocycles. The molecule has 16 heavy (non-hydrogen) atoms. The van der Waals surface area contributed by atoms with E-state index in [1.807, 2.05) is 0 Å². The van der Waals surface area contributed by atoms with Crippen molar-refractivity contribution in [3.63, 3.8) is 0 Å². The van der Waals surface area contributed by atoms with Gasteiger partial charge in [-0.15, -0.1) is 0 Å². The van der Waals surface area contributed by atoms with Crippen LogP contribution in [0, 0.1) is 5.92 Å². The molecule has 0 aromatic heterocycles. The van der Waals surface area contributed by atoms with Gasteiger partial charge in [-0.2, -0.15) is 0 Å². The predicted octanol–water partition coefficient (Wildman–Crippen LogP) is 3.11. The number of thioether (sulfide) groups is 1. The molecule has 0 saturated heterocycles. The van der Waals surface area contributed by atoms with Crippen molar-refractivity contribution in [2.45, 2.75) is 39.5 Å². The van der Waals surface area contributed by atoms with Crippen LogP contribution >= 0.6 is 24.0 Å². The van der Waals surface area contributed by atoms with Crippen LogP contribution in [0.1, 0.15) is 39.5 Å². The lowest BCUT2D eigenvalue weighted by molar-refractivity contribution is -0.123. The molecule has 0 aromatic rings. The van der Waals surface area contributed by atoms with E-state index in [1.165, 1.54) is 6.42 Å². The number of nitrogens with zero attached hydrogens (tertiary/aromatic N) is 1. The second-order valence-electron chi connectivity index (χ2n) is 4.16. The third kappa shape index (κ3) is 4.06. The largest absolute Gasteiger partial charge is 0.358 e. The summed E-state index contributed by atoms with van der Waals surface area (Å²) in [6, 6.07) is 0. The lowest BCUT2D eigenvalue weighted by Crippen LogP contribution is -2.28. The molecule has 1 atom stereocenters. The van der Waals surface area contributed by atoms with Gasteiger partial charge in [-0.25, -0.2) is 0 Å². The first-order valence-corrected chi connectivity index (χ1v) is 7.52. The van der Waals surface area contributed by atoms with Crippen LogP contribution < -0.4 is 0 Å². The second-order valence-corrected chi connectivity index (χ2v) is 5.81. The molecule has 1 rings (SSSR count). The predicted molar refractivity (Wildman–Crippen MR) is 74.9 cm³/mol. The number of rotatable bonds is 4. The maximum atomic E-state index is 11.6. The molecule has 0 bridgehead atoms. The van der Waals surface area contributed by atoms with Crippen molar-refractivity contribution in [3.8, 4) is 0 Å². The molecule has 4 heteroatoms. The Labute approximate surface area is 108 Å². The zero-order chi connectivity index (χ0) is 12.0. The van der Waals surface area contributed by atoms with Crippen LogP contribution in [0.25, 0.3) is 0 Å². The summed E-state index contributed by atoms with van der Waals surface area (Å²) in [6.45, 7) is 6.14. The minimum atomic E-state index is 0.257. The quantitative estimate of drug-likeness (QED) is 0.723. The topological polar surface area (TPSA) is 20.3 Å². The summed E-state index contributed by atoms with van der Waals surface area (Å²) in [5.74, 6) is 1.59. The Morgan fingerprint density at radius 1 is 1.44 bits per heavy atom. The van der Waals surface area contributed by atoms with E-state index in [0.717, 1.165) is 42.4 Å². The fourth-order valence-corrected chi connectivity index (χ4v) is 3.58. The van der Waals surface area contributed by atoms with Gasteiger partial charge in [-0.3, -0.25) is 4.79 Å². The normalized spacial score (nSPS) is 20.9. The third-order valence-corrected chi connectivity index (χ3v) is 4.80. The van der Waals surface area contributed by atoms with Crippen LogP contribution in [-0.2, 0) is 4.79 Å². The molecule has 0 heterocycles. The molecule has 0 radical (unpaired) electrons. The smallest absolute Gasteiger partial charge is 0.136 e. The highest BCUT2D eigenvalue weighted by Gasteiger charge is 2.22. The molecule has 0 N–H and O–H groups in total. The van der Waals surface area contributed by atoms with Crippen molar-refractivity contribution in [1.29, 1.82) is 0 Å². The Kier molecular flexibility index (Phi) is 6.36. The highest BCUT2D eigenvalue weighted by Crippen LogP contribution is 2.25. The Morgan fingerprint density at radius 3 is 2.69 bits per heavy atom. The highest BCUT2D eigenvalue weighted by atomic mass is 32.2. The van der Waals surface area contributed by atoms with Crippen LogP contribution in [0.2, 0.25) is 0 Å². The van der Waals surface area contributed by atoms with E-state index in [4.69, 9.17) is 12.2 Å². The number of hydrogen-bond acceptors (Lipinski definition) is 3. The molecule has 0 amide bonds. The zero-order valence-corrected chi connectivity index (χ0v) is 11.8. The standard InChI is InChI=1S/C12H21NOS2/c1-3-13(4-2)12(15)16-9-10-7-5-6-8-11(10)14/h10H,3-9H2,1-2H3. The Hall–Kier alpha value is -0.0900. The van der Waals surface area contributed by atoms with Gasteiger partial charge < -0.3 is 4.90 Å². The highest BCUT2D eigenvalue weighted by molar-refractivity contribution is 8.22. The van der Waals surface area contributed by atoms with Crippen molar-refractivity contribution >= 4 is 34.1 Å². The number of Topliss-reactive ketones (excluding diaryl/α,β-unsaturated/α-hetero) is 1.